The number of likely N-dealkylation sites (tertiary alicyclic amines) is 1. The molecule has 0 saturated carbocycles. The van der Waals surface area contributed by atoms with Crippen molar-refractivity contribution in [1.29, 1.82) is 0 Å². The summed E-state index contributed by atoms with van der Waals surface area (Å²) in [7, 11) is 0. The molecule has 3 aromatic rings. The Morgan fingerprint density at radius 2 is 1.90 bits per heavy atom. The van der Waals surface area contributed by atoms with E-state index in [4.69, 9.17) is 4.98 Å². The van der Waals surface area contributed by atoms with Gasteiger partial charge in [-0.05, 0) is 86.7 Å². The van der Waals surface area contributed by atoms with Crippen LogP contribution in [0.2, 0.25) is 0 Å². The summed E-state index contributed by atoms with van der Waals surface area (Å²) in [4.78, 5) is 20.5. The van der Waals surface area contributed by atoms with Crippen LogP contribution in [0.3, 0.4) is 0 Å². The number of rotatable bonds is 4. The van der Waals surface area contributed by atoms with E-state index in [0.717, 1.165) is 43.0 Å². The lowest BCUT2D eigenvalue weighted by Gasteiger charge is -2.32. The Morgan fingerprint density at radius 1 is 1.14 bits per heavy atom. The minimum absolute atomic E-state index is 0.0156. The molecule has 1 aliphatic heterocycles. The number of halogens is 1. The quantitative estimate of drug-likeness (QED) is 0.653. The molecular weight excluding hydrogens is 365 g/mol. The lowest BCUT2D eigenvalue weighted by Crippen LogP contribution is -2.38. The molecule has 2 aromatic carbocycles. The number of piperidine rings is 1. The highest BCUT2D eigenvalue weighted by Crippen LogP contribution is 2.25. The van der Waals surface area contributed by atoms with Gasteiger partial charge in [0.2, 0.25) is 0 Å². The molecule has 4 nitrogen and oxygen atoms in total. The van der Waals surface area contributed by atoms with Crippen molar-refractivity contribution in [2.45, 2.75) is 40.2 Å². The van der Waals surface area contributed by atoms with Crippen LogP contribution in [-0.4, -0.2) is 34.1 Å². The lowest BCUT2D eigenvalue weighted by molar-refractivity contribution is 0.168. The summed E-state index contributed by atoms with van der Waals surface area (Å²) < 4.78 is 15.5. The van der Waals surface area contributed by atoms with Gasteiger partial charge in [-0.2, -0.15) is 0 Å². The number of aryl methyl sites for hydroxylation is 2. The van der Waals surface area contributed by atoms with Crippen LogP contribution in [0.15, 0.2) is 41.2 Å². The first-order valence-corrected chi connectivity index (χ1v) is 10.5. The van der Waals surface area contributed by atoms with Crippen molar-refractivity contribution in [2.24, 2.45) is 5.92 Å². The van der Waals surface area contributed by atoms with Crippen molar-refractivity contribution < 1.29 is 4.39 Å². The smallest absolute Gasteiger partial charge is 0.261 e. The summed E-state index contributed by atoms with van der Waals surface area (Å²) in [5, 5.41) is 0.623. The highest BCUT2D eigenvalue weighted by atomic mass is 19.1. The van der Waals surface area contributed by atoms with E-state index in [1.807, 2.05) is 35.8 Å². The Kier molecular flexibility index (Phi) is 5.50. The van der Waals surface area contributed by atoms with Crippen molar-refractivity contribution in [3.63, 3.8) is 0 Å². The summed E-state index contributed by atoms with van der Waals surface area (Å²) in [5.74, 6) is 1.02. The van der Waals surface area contributed by atoms with E-state index in [9.17, 15) is 9.18 Å². The maximum Gasteiger partial charge on any atom is 0.261 e. The fourth-order valence-electron chi connectivity index (χ4n) is 4.40. The Balaban J connectivity index is 1.72. The molecule has 152 valence electrons. The van der Waals surface area contributed by atoms with Crippen molar-refractivity contribution >= 4 is 10.9 Å². The molecular formula is C24H28FN3O. The summed E-state index contributed by atoms with van der Waals surface area (Å²) in [5.41, 5.74) is 3.14. The molecule has 5 heteroatoms. The largest absolute Gasteiger partial charge is 0.303 e. The summed E-state index contributed by atoms with van der Waals surface area (Å²) in [6.45, 7) is 9.81. The molecule has 1 aliphatic rings. The number of aromatic nitrogens is 2. The standard InChI is InChI=1S/C24H28FN3O/c1-4-27-11-5-6-18(14-27)15-28-17(3)26-23-10-8-20(13-21(23)24(28)29)19-7-9-22(25)16(2)12-19/h7-10,12-13,18H,4-6,11,14-15H2,1-3H3/t18-/m0/s1. The zero-order valence-electron chi connectivity index (χ0n) is 17.4. The predicted molar refractivity (Wildman–Crippen MR) is 116 cm³/mol. The third-order valence-corrected chi connectivity index (χ3v) is 6.13. The van der Waals surface area contributed by atoms with Gasteiger partial charge in [0.25, 0.3) is 5.56 Å². The zero-order valence-corrected chi connectivity index (χ0v) is 17.4. The van der Waals surface area contributed by atoms with Gasteiger partial charge in [-0.25, -0.2) is 9.37 Å². The molecule has 1 fully saturated rings. The van der Waals surface area contributed by atoms with E-state index in [-0.39, 0.29) is 11.4 Å². The number of nitrogens with zero attached hydrogens (tertiary/aromatic N) is 3. The number of fused-ring (bicyclic) bond motifs is 1. The summed E-state index contributed by atoms with van der Waals surface area (Å²) >= 11 is 0. The van der Waals surface area contributed by atoms with Gasteiger partial charge in [0.1, 0.15) is 11.6 Å². The number of hydrogen-bond donors (Lipinski definition) is 0. The molecule has 0 unspecified atom stereocenters. The van der Waals surface area contributed by atoms with Crippen molar-refractivity contribution in [3.8, 4) is 11.1 Å². The van der Waals surface area contributed by atoms with Gasteiger partial charge >= 0.3 is 0 Å². The van der Waals surface area contributed by atoms with Crippen LogP contribution in [0.25, 0.3) is 22.0 Å². The number of benzene rings is 2. The lowest BCUT2D eigenvalue weighted by atomic mass is 9.97. The first kappa shape index (κ1) is 19.8. The summed E-state index contributed by atoms with van der Waals surface area (Å²) in [6.07, 6.45) is 2.33. The van der Waals surface area contributed by atoms with E-state index in [1.165, 1.54) is 12.5 Å². The molecule has 0 radical (unpaired) electrons. The van der Waals surface area contributed by atoms with Crippen LogP contribution >= 0.6 is 0 Å². The molecule has 0 N–H and O–H groups in total. The average molecular weight is 394 g/mol. The van der Waals surface area contributed by atoms with Gasteiger partial charge < -0.3 is 4.90 Å². The third-order valence-electron chi connectivity index (χ3n) is 6.13. The zero-order chi connectivity index (χ0) is 20.5. The molecule has 4 rings (SSSR count). The van der Waals surface area contributed by atoms with E-state index in [1.54, 1.807) is 13.0 Å². The molecule has 29 heavy (non-hydrogen) atoms. The molecule has 0 aliphatic carbocycles. The van der Waals surface area contributed by atoms with Crippen molar-refractivity contribution in [2.75, 3.05) is 19.6 Å². The van der Waals surface area contributed by atoms with Crippen LogP contribution in [-0.2, 0) is 6.54 Å². The van der Waals surface area contributed by atoms with Gasteiger partial charge in [0.05, 0.1) is 10.9 Å². The topological polar surface area (TPSA) is 38.1 Å². The van der Waals surface area contributed by atoms with Gasteiger partial charge in [-0.15, -0.1) is 0 Å². The normalized spacial score (nSPS) is 17.7. The van der Waals surface area contributed by atoms with Crippen LogP contribution in [0, 0.1) is 25.6 Å². The number of hydrogen-bond acceptors (Lipinski definition) is 3. The van der Waals surface area contributed by atoms with Gasteiger partial charge in [0.15, 0.2) is 0 Å². The highest BCUT2D eigenvalue weighted by molar-refractivity contribution is 5.84. The second-order valence-electron chi connectivity index (χ2n) is 8.17. The molecule has 0 spiro atoms. The van der Waals surface area contributed by atoms with Gasteiger partial charge in [-0.3, -0.25) is 9.36 Å². The van der Waals surface area contributed by atoms with Crippen LogP contribution in [0.1, 0.15) is 31.2 Å². The molecule has 1 aromatic heterocycles. The van der Waals surface area contributed by atoms with Crippen LogP contribution in [0.5, 0.6) is 0 Å². The second kappa shape index (κ2) is 8.07. The first-order valence-electron chi connectivity index (χ1n) is 10.5. The minimum Gasteiger partial charge on any atom is -0.303 e. The van der Waals surface area contributed by atoms with Crippen molar-refractivity contribution in [1.82, 2.24) is 14.5 Å². The second-order valence-corrected chi connectivity index (χ2v) is 8.17. The Bertz CT molecular complexity index is 1110. The molecule has 2 heterocycles. The molecule has 0 bridgehead atoms. The van der Waals surface area contributed by atoms with Crippen LogP contribution < -0.4 is 5.56 Å². The minimum atomic E-state index is -0.220. The summed E-state index contributed by atoms with van der Waals surface area (Å²) in [6, 6.07) is 10.8. The van der Waals surface area contributed by atoms with Gasteiger partial charge in [-0.1, -0.05) is 19.1 Å². The highest BCUT2D eigenvalue weighted by Gasteiger charge is 2.21. The Morgan fingerprint density at radius 3 is 2.66 bits per heavy atom. The van der Waals surface area contributed by atoms with Crippen LogP contribution in [0.4, 0.5) is 4.39 Å². The average Bonchev–Trinajstić information content (AvgIpc) is 2.73. The fourth-order valence-corrected chi connectivity index (χ4v) is 4.40. The van der Waals surface area contributed by atoms with Gasteiger partial charge in [0, 0.05) is 13.1 Å². The molecule has 1 atom stereocenters. The van der Waals surface area contributed by atoms with E-state index < -0.39 is 0 Å². The maximum absolute atomic E-state index is 13.6. The maximum atomic E-state index is 13.6. The first-order chi connectivity index (χ1) is 14.0. The third kappa shape index (κ3) is 3.97. The predicted octanol–water partition coefficient (Wildman–Crippen LogP) is 4.55. The molecule has 0 amide bonds. The van der Waals surface area contributed by atoms with E-state index >= 15 is 0 Å². The van der Waals surface area contributed by atoms with E-state index in [0.29, 0.717) is 28.9 Å². The Labute approximate surface area is 171 Å². The Hall–Kier alpha value is -2.53. The monoisotopic (exact) mass is 393 g/mol. The molecule has 1 saturated heterocycles. The SMILES string of the molecule is CCN1CCC[C@H](Cn2c(C)nc3ccc(-c4ccc(F)c(C)c4)cc3c2=O)C1. The fraction of sp³-hybridized carbons (Fsp3) is 0.417. The van der Waals surface area contributed by atoms with E-state index in [2.05, 4.69) is 11.8 Å². The van der Waals surface area contributed by atoms with Crippen molar-refractivity contribution in [3.05, 3.63) is 64.0 Å².